The number of aromatic nitrogens is 2. The van der Waals surface area contributed by atoms with Crippen molar-refractivity contribution in [3.63, 3.8) is 0 Å². The van der Waals surface area contributed by atoms with Gasteiger partial charge in [-0.05, 0) is 44.5 Å². The number of fused-ring (bicyclic) bond motifs is 1. The number of carbonyl (C=O) groups is 2. The monoisotopic (exact) mass is 384 g/mol. The maximum absolute atomic E-state index is 12.3. The molecule has 0 unspecified atom stereocenters. The molecule has 1 aromatic heterocycles. The van der Waals surface area contributed by atoms with Gasteiger partial charge in [-0.25, -0.2) is 9.78 Å². The van der Waals surface area contributed by atoms with E-state index in [0.29, 0.717) is 19.6 Å². The Morgan fingerprint density at radius 1 is 1.25 bits per heavy atom. The highest BCUT2D eigenvalue weighted by molar-refractivity contribution is 5.77. The molecule has 2 aliphatic rings. The number of nitrogens with zero attached hydrogens (tertiary/aromatic N) is 3. The van der Waals surface area contributed by atoms with Gasteiger partial charge in [0.15, 0.2) is 0 Å². The van der Waals surface area contributed by atoms with Crippen molar-refractivity contribution >= 4 is 23.0 Å². The van der Waals surface area contributed by atoms with E-state index in [4.69, 9.17) is 5.73 Å². The molecule has 2 aromatic rings. The number of rotatable bonds is 6. The minimum Gasteiger partial charge on any atom is -0.369 e. The number of aromatic amines is 1. The third-order valence-electron chi connectivity index (χ3n) is 5.80. The molecule has 4 N–H and O–H groups in total. The van der Waals surface area contributed by atoms with Gasteiger partial charge in [-0.3, -0.25) is 4.79 Å². The van der Waals surface area contributed by atoms with E-state index in [1.165, 1.54) is 0 Å². The smallest absolute Gasteiger partial charge is 0.317 e. The number of imidazole rings is 1. The molecule has 2 fully saturated rings. The highest BCUT2D eigenvalue weighted by Gasteiger charge is 2.33. The molecular weight excluding hydrogens is 356 g/mol. The summed E-state index contributed by atoms with van der Waals surface area (Å²) in [6.45, 7) is 4.65. The molecule has 0 radical (unpaired) electrons. The quantitative estimate of drug-likeness (QED) is 0.652. The van der Waals surface area contributed by atoms with Gasteiger partial charge in [0.2, 0.25) is 5.91 Å². The van der Waals surface area contributed by atoms with Crippen molar-refractivity contribution in [1.29, 1.82) is 0 Å². The lowest BCUT2D eigenvalue weighted by Gasteiger charge is -2.38. The molecule has 3 heterocycles. The lowest BCUT2D eigenvalue weighted by Crippen LogP contribution is -2.53. The molecule has 1 aromatic carbocycles. The SMILES string of the molecule is NC(=O)[C@@H]1CCCN(CCCNC(=O)N2CC(c3nc4ccccc4[nH]3)C2)C1. The molecule has 0 aliphatic carbocycles. The van der Waals surface area contributed by atoms with Crippen molar-refractivity contribution in [2.24, 2.45) is 11.7 Å². The molecule has 28 heavy (non-hydrogen) atoms. The number of urea groups is 1. The van der Waals surface area contributed by atoms with Gasteiger partial charge in [0.25, 0.3) is 0 Å². The summed E-state index contributed by atoms with van der Waals surface area (Å²) in [5, 5.41) is 2.99. The highest BCUT2D eigenvalue weighted by atomic mass is 16.2. The summed E-state index contributed by atoms with van der Waals surface area (Å²) in [4.78, 5) is 35.7. The molecule has 1 atom stereocenters. The number of likely N-dealkylation sites (tertiary alicyclic amines) is 2. The van der Waals surface area contributed by atoms with E-state index in [1.807, 2.05) is 29.2 Å². The predicted octanol–water partition coefficient (Wildman–Crippen LogP) is 1.26. The van der Waals surface area contributed by atoms with E-state index in [0.717, 1.165) is 55.8 Å². The van der Waals surface area contributed by atoms with Crippen LogP contribution in [0.2, 0.25) is 0 Å². The molecule has 8 heteroatoms. The molecule has 4 rings (SSSR count). The fourth-order valence-corrected chi connectivity index (χ4v) is 4.08. The first kappa shape index (κ1) is 18.7. The molecule has 0 bridgehead atoms. The number of amides is 3. The average Bonchev–Trinajstić information content (AvgIpc) is 3.07. The van der Waals surface area contributed by atoms with Gasteiger partial charge >= 0.3 is 6.03 Å². The number of piperidine rings is 1. The molecule has 0 saturated carbocycles. The van der Waals surface area contributed by atoms with Crippen LogP contribution in [0.3, 0.4) is 0 Å². The van der Waals surface area contributed by atoms with E-state index in [1.54, 1.807) is 0 Å². The summed E-state index contributed by atoms with van der Waals surface area (Å²) in [5.74, 6) is 1.01. The van der Waals surface area contributed by atoms with Crippen LogP contribution in [0.5, 0.6) is 0 Å². The Bertz CT molecular complexity index is 811. The average molecular weight is 384 g/mol. The van der Waals surface area contributed by atoms with Crippen LogP contribution in [-0.4, -0.2) is 71.0 Å². The molecule has 150 valence electrons. The Morgan fingerprint density at radius 2 is 2.07 bits per heavy atom. The number of hydrogen-bond acceptors (Lipinski definition) is 4. The zero-order valence-corrected chi connectivity index (χ0v) is 16.1. The first-order valence-electron chi connectivity index (χ1n) is 10.1. The van der Waals surface area contributed by atoms with Crippen LogP contribution in [0.4, 0.5) is 4.79 Å². The summed E-state index contributed by atoms with van der Waals surface area (Å²) in [6.07, 6.45) is 2.78. The van der Waals surface area contributed by atoms with Crippen molar-refractivity contribution in [3.05, 3.63) is 30.1 Å². The Labute approximate surface area is 164 Å². The number of hydrogen-bond donors (Lipinski definition) is 3. The van der Waals surface area contributed by atoms with E-state index >= 15 is 0 Å². The fourth-order valence-electron chi connectivity index (χ4n) is 4.08. The van der Waals surface area contributed by atoms with Gasteiger partial charge in [0.05, 0.1) is 22.9 Å². The largest absolute Gasteiger partial charge is 0.369 e. The molecule has 2 saturated heterocycles. The third kappa shape index (κ3) is 4.11. The van der Waals surface area contributed by atoms with Crippen molar-refractivity contribution in [1.82, 2.24) is 25.1 Å². The van der Waals surface area contributed by atoms with Gasteiger partial charge in [-0.1, -0.05) is 12.1 Å². The van der Waals surface area contributed by atoms with Crippen LogP contribution >= 0.6 is 0 Å². The van der Waals surface area contributed by atoms with Gasteiger partial charge in [0.1, 0.15) is 5.82 Å². The summed E-state index contributed by atoms with van der Waals surface area (Å²) in [7, 11) is 0. The second kappa shape index (κ2) is 8.18. The van der Waals surface area contributed by atoms with Gasteiger partial charge in [-0.2, -0.15) is 0 Å². The van der Waals surface area contributed by atoms with Crippen molar-refractivity contribution in [2.75, 3.05) is 39.3 Å². The first-order valence-corrected chi connectivity index (χ1v) is 10.1. The standard InChI is InChI=1S/C20H28N6O2/c21-18(27)14-5-3-9-25(11-14)10-4-8-22-20(28)26-12-15(13-26)19-23-16-6-1-2-7-17(16)24-19/h1-2,6-7,14-15H,3-5,8-13H2,(H2,21,27)(H,22,28)(H,23,24)/t14-/m1/s1. The zero-order valence-electron chi connectivity index (χ0n) is 16.1. The predicted molar refractivity (Wildman–Crippen MR) is 107 cm³/mol. The van der Waals surface area contributed by atoms with Crippen LogP contribution in [0.15, 0.2) is 24.3 Å². The summed E-state index contributed by atoms with van der Waals surface area (Å²) < 4.78 is 0. The number of benzene rings is 1. The lowest BCUT2D eigenvalue weighted by atomic mass is 9.97. The van der Waals surface area contributed by atoms with Crippen molar-refractivity contribution in [3.8, 4) is 0 Å². The number of nitrogens with one attached hydrogen (secondary N) is 2. The van der Waals surface area contributed by atoms with Crippen LogP contribution in [0, 0.1) is 5.92 Å². The van der Waals surface area contributed by atoms with E-state index in [2.05, 4.69) is 20.2 Å². The molecule has 2 aliphatic heterocycles. The molecular formula is C20H28N6O2. The van der Waals surface area contributed by atoms with Crippen LogP contribution in [0.1, 0.15) is 31.0 Å². The summed E-state index contributed by atoms with van der Waals surface area (Å²) >= 11 is 0. The summed E-state index contributed by atoms with van der Waals surface area (Å²) in [6, 6.07) is 7.96. The number of primary amides is 1. The maximum atomic E-state index is 12.3. The summed E-state index contributed by atoms with van der Waals surface area (Å²) in [5.41, 5.74) is 7.43. The second-order valence-electron chi connectivity index (χ2n) is 7.87. The molecule has 8 nitrogen and oxygen atoms in total. The van der Waals surface area contributed by atoms with Crippen LogP contribution in [-0.2, 0) is 4.79 Å². The minimum absolute atomic E-state index is 0.0129. The lowest BCUT2D eigenvalue weighted by molar-refractivity contribution is -0.123. The number of nitrogens with two attached hydrogens (primary N) is 1. The number of para-hydroxylation sites is 2. The van der Waals surface area contributed by atoms with Crippen molar-refractivity contribution in [2.45, 2.75) is 25.2 Å². The van der Waals surface area contributed by atoms with Gasteiger partial charge in [-0.15, -0.1) is 0 Å². The van der Waals surface area contributed by atoms with Crippen LogP contribution < -0.4 is 11.1 Å². The van der Waals surface area contributed by atoms with E-state index in [9.17, 15) is 9.59 Å². The van der Waals surface area contributed by atoms with Gasteiger partial charge in [0, 0.05) is 26.2 Å². The van der Waals surface area contributed by atoms with Crippen molar-refractivity contribution < 1.29 is 9.59 Å². The van der Waals surface area contributed by atoms with E-state index in [-0.39, 0.29) is 23.8 Å². The topological polar surface area (TPSA) is 107 Å². The minimum atomic E-state index is -0.199. The second-order valence-corrected chi connectivity index (χ2v) is 7.87. The molecule has 0 spiro atoms. The Balaban J connectivity index is 1.15. The van der Waals surface area contributed by atoms with Gasteiger partial charge < -0.3 is 25.8 Å². The highest BCUT2D eigenvalue weighted by Crippen LogP contribution is 2.26. The molecule has 3 amide bonds. The normalized spacial score (nSPS) is 20.9. The number of H-pyrrole nitrogens is 1. The zero-order chi connectivity index (χ0) is 19.5. The Hall–Kier alpha value is -2.61. The number of carbonyl (C=O) groups excluding carboxylic acids is 2. The maximum Gasteiger partial charge on any atom is 0.317 e. The third-order valence-corrected chi connectivity index (χ3v) is 5.80. The Morgan fingerprint density at radius 3 is 2.86 bits per heavy atom. The first-order chi connectivity index (χ1) is 13.6. The fraction of sp³-hybridized carbons (Fsp3) is 0.550. The Kier molecular flexibility index (Phi) is 5.47. The van der Waals surface area contributed by atoms with Crippen LogP contribution in [0.25, 0.3) is 11.0 Å². The van der Waals surface area contributed by atoms with E-state index < -0.39 is 0 Å².